The van der Waals surface area contributed by atoms with E-state index in [1.165, 1.54) is 45.2 Å². The Balaban J connectivity index is 0.965. The molecule has 1 spiro atoms. The van der Waals surface area contributed by atoms with Gasteiger partial charge in [0.05, 0.1) is 18.2 Å². The van der Waals surface area contributed by atoms with E-state index >= 15 is 0 Å². The van der Waals surface area contributed by atoms with Crippen LogP contribution in [0.3, 0.4) is 0 Å². The number of rotatable bonds is 6. The van der Waals surface area contributed by atoms with Crippen LogP contribution in [0, 0.1) is 17.8 Å². The Morgan fingerprint density at radius 3 is 2.84 bits per heavy atom. The van der Waals surface area contributed by atoms with E-state index in [9.17, 15) is 4.79 Å². The second-order valence-electron chi connectivity index (χ2n) is 12.1. The topological polar surface area (TPSA) is 78.5 Å². The van der Waals surface area contributed by atoms with Crippen molar-refractivity contribution in [1.82, 2.24) is 20.7 Å². The average Bonchev–Trinajstić information content (AvgIpc) is 3.50. The molecule has 7 heteroatoms. The lowest BCUT2D eigenvalue weighted by molar-refractivity contribution is -0.118. The molecule has 2 saturated carbocycles. The van der Waals surface area contributed by atoms with Crippen LogP contribution in [0.4, 0.5) is 5.69 Å². The van der Waals surface area contributed by atoms with Crippen molar-refractivity contribution in [2.45, 2.75) is 69.0 Å². The number of hydrazine groups is 1. The molecule has 38 heavy (non-hydrogen) atoms. The van der Waals surface area contributed by atoms with E-state index in [0.717, 1.165) is 47.6 Å². The quantitative estimate of drug-likeness (QED) is 0.536. The minimum Gasteiger partial charge on any atom is -0.497 e. The van der Waals surface area contributed by atoms with Crippen molar-refractivity contribution in [3.63, 3.8) is 0 Å². The summed E-state index contributed by atoms with van der Waals surface area (Å²) in [4.78, 5) is 20.3. The Morgan fingerprint density at radius 1 is 1.13 bits per heavy atom. The van der Waals surface area contributed by atoms with Crippen LogP contribution in [0.15, 0.2) is 42.6 Å². The van der Waals surface area contributed by atoms with Gasteiger partial charge in [0, 0.05) is 30.5 Å². The van der Waals surface area contributed by atoms with Gasteiger partial charge in [-0.05, 0) is 105 Å². The maximum atomic E-state index is 13.1. The fraction of sp³-hybridized carbons (Fsp3) is 0.548. The molecule has 2 aliphatic carbocycles. The molecule has 1 amide bonds. The minimum absolute atomic E-state index is 0.182. The number of carbonyl (C=O) groups is 1. The predicted molar refractivity (Wildman–Crippen MR) is 148 cm³/mol. The molecule has 0 radical (unpaired) electrons. The second kappa shape index (κ2) is 9.78. The third kappa shape index (κ3) is 4.25. The maximum Gasteiger partial charge on any atom is 0.235 e. The first kappa shape index (κ1) is 24.3. The Morgan fingerprint density at radius 2 is 2.03 bits per heavy atom. The van der Waals surface area contributed by atoms with Gasteiger partial charge < -0.3 is 10.1 Å². The van der Waals surface area contributed by atoms with Crippen molar-refractivity contribution in [2.75, 3.05) is 25.5 Å². The second-order valence-corrected chi connectivity index (χ2v) is 12.1. The Kier molecular flexibility index (Phi) is 6.26. The summed E-state index contributed by atoms with van der Waals surface area (Å²) < 4.78 is 5.47. The van der Waals surface area contributed by atoms with E-state index < -0.39 is 0 Å². The third-order valence-electron chi connectivity index (χ3n) is 9.96. The summed E-state index contributed by atoms with van der Waals surface area (Å²) in [5, 5.41) is 3.14. The number of benzene rings is 1. The summed E-state index contributed by atoms with van der Waals surface area (Å²) in [7, 11) is 1.69. The molecule has 2 aromatic rings. The Labute approximate surface area is 225 Å². The van der Waals surface area contributed by atoms with Crippen LogP contribution in [0.1, 0.15) is 61.8 Å². The number of likely N-dealkylation sites (tertiary alicyclic amines) is 1. The monoisotopic (exact) mass is 513 g/mol. The number of anilines is 1. The highest BCUT2D eigenvalue weighted by Gasteiger charge is 2.67. The Bertz CT molecular complexity index is 1220. The maximum absolute atomic E-state index is 13.1. The highest BCUT2D eigenvalue weighted by molar-refractivity contribution is 6.09. The van der Waals surface area contributed by atoms with E-state index in [4.69, 9.17) is 9.72 Å². The number of ether oxygens (including phenoxy) is 1. The summed E-state index contributed by atoms with van der Waals surface area (Å²) >= 11 is 0. The molecule has 4 heterocycles. The van der Waals surface area contributed by atoms with Crippen LogP contribution in [0.5, 0.6) is 5.75 Å². The molecular formula is C31H39N5O2. The molecule has 3 aliphatic heterocycles. The number of piperidine rings is 1. The van der Waals surface area contributed by atoms with Gasteiger partial charge in [0.1, 0.15) is 5.75 Å². The number of nitrogens with zero attached hydrogens (tertiary/aromatic N) is 2. The summed E-state index contributed by atoms with van der Waals surface area (Å²) in [6, 6.07) is 11.1. The molecule has 5 aliphatic rings. The molecular weight excluding hydrogens is 474 g/mol. The predicted octanol–water partition coefficient (Wildman–Crippen LogP) is 4.26. The SMILES string of the molecule is COc1ccc2c(c1)[C@]1(C[C@H]1C1CCC3C(/C=C/c4ccc(CN5CCCCC5)nc4)NNC3C1)C(=O)N2. The average molecular weight is 514 g/mol. The van der Waals surface area contributed by atoms with E-state index in [2.05, 4.69) is 51.4 Å². The molecule has 0 bridgehead atoms. The van der Waals surface area contributed by atoms with Crippen LogP contribution in [0.25, 0.3) is 6.08 Å². The number of hydrogen-bond acceptors (Lipinski definition) is 6. The number of hydrogen-bond donors (Lipinski definition) is 3. The lowest BCUT2D eigenvalue weighted by Gasteiger charge is -2.33. The van der Waals surface area contributed by atoms with Gasteiger partial charge in [-0.3, -0.25) is 25.5 Å². The molecule has 3 N–H and O–H groups in total. The zero-order valence-electron chi connectivity index (χ0n) is 22.3. The number of pyridine rings is 1. The molecule has 6 atom stereocenters. The molecule has 1 aromatic carbocycles. The normalized spacial score (nSPS) is 34.3. The van der Waals surface area contributed by atoms with Crippen LogP contribution in [-0.4, -0.2) is 48.1 Å². The molecule has 4 unspecified atom stereocenters. The van der Waals surface area contributed by atoms with E-state index in [0.29, 0.717) is 29.8 Å². The summed E-state index contributed by atoms with van der Waals surface area (Å²) in [6.07, 6.45) is 15.0. The fourth-order valence-corrected chi connectivity index (χ4v) is 7.79. The Hall–Kier alpha value is -2.74. The fourth-order valence-electron chi connectivity index (χ4n) is 7.79. The standard InChI is InChI=1S/C31H39N5O2/c1-38-23-9-12-28-25(16-23)31(30(37)33-28)17-26(31)21-7-10-24-27(34-35-29(24)15-21)11-6-20-5-8-22(32-18-20)19-36-13-3-2-4-14-36/h5-6,8-9,11-12,16,18,21,24,26-27,29,34-35H,2-4,7,10,13-15,17,19H2,1H3,(H,33,37)/b11-6+/t21?,24?,26-,27?,29?,31-/m0/s1. The summed E-state index contributed by atoms with van der Waals surface area (Å²) in [5.41, 5.74) is 11.2. The van der Waals surface area contributed by atoms with Gasteiger partial charge in [-0.15, -0.1) is 0 Å². The van der Waals surface area contributed by atoms with E-state index in [-0.39, 0.29) is 11.3 Å². The van der Waals surface area contributed by atoms with Gasteiger partial charge >= 0.3 is 0 Å². The highest BCUT2D eigenvalue weighted by Crippen LogP contribution is 2.65. The van der Waals surface area contributed by atoms with Crippen molar-refractivity contribution in [2.24, 2.45) is 17.8 Å². The van der Waals surface area contributed by atoms with E-state index in [1.54, 1.807) is 7.11 Å². The van der Waals surface area contributed by atoms with Gasteiger partial charge in [-0.1, -0.05) is 24.6 Å². The zero-order chi connectivity index (χ0) is 25.7. The van der Waals surface area contributed by atoms with Crippen molar-refractivity contribution in [3.05, 3.63) is 59.4 Å². The lowest BCUT2D eigenvalue weighted by Crippen LogP contribution is -2.37. The first-order valence-electron chi connectivity index (χ1n) is 14.5. The molecule has 7 rings (SSSR count). The van der Waals surface area contributed by atoms with Crippen LogP contribution >= 0.6 is 0 Å². The molecule has 4 fully saturated rings. The summed E-state index contributed by atoms with van der Waals surface area (Å²) in [6.45, 7) is 3.36. The van der Waals surface area contributed by atoms with Crippen molar-refractivity contribution < 1.29 is 9.53 Å². The van der Waals surface area contributed by atoms with Crippen molar-refractivity contribution in [1.29, 1.82) is 0 Å². The lowest BCUT2D eigenvalue weighted by atomic mass is 9.73. The first-order chi connectivity index (χ1) is 18.6. The first-order valence-corrected chi connectivity index (χ1v) is 14.5. The van der Waals surface area contributed by atoms with Crippen LogP contribution in [0.2, 0.25) is 0 Å². The van der Waals surface area contributed by atoms with Crippen molar-refractivity contribution in [3.8, 4) is 5.75 Å². The number of methoxy groups -OCH3 is 1. The van der Waals surface area contributed by atoms with Gasteiger partial charge in [0.2, 0.25) is 5.91 Å². The van der Waals surface area contributed by atoms with Gasteiger partial charge in [-0.2, -0.15) is 0 Å². The van der Waals surface area contributed by atoms with Crippen molar-refractivity contribution >= 4 is 17.7 Å². The number of carbonyl (C=O) groups excluding carboxylic acids is 1. The van der Waals surface area contributed by atoms with Gasteiger partial charge in [0.25, 0.3) is 0 Å². The number of aromatic nitrogens is 1. The number of fused-ring (bicyclic) bond motifs is 3. The van der Waals surface area contributed by atoms with Crippen LogP contribution in [-0.2, 0) is 16.8 Å². The highest BCUT2D eigenvalue weighted by atomic mass is 16.5. The van der Waals surface area contributed by atoms with Gasteiger partial charge in [-0.25, -0.2) is 0 Å². The molecule has 2 saturated heterocycles. The van der Waals surface area contributed by atoms with E-state index in [1.807, 2.05) is 18.3 Å². The number of amides is 1. The largest absolute Gasteiger partial charge is 0.497 e. The minimum atomic E-state index is -0.347. The third-order valence-corrected chi connectivity index (χ3v) is 9.96. The number of nitrogens with one attached hydrogen (secondary N) is 3. The van der Waals surface area contributed by atoms with Crippen LogP contribution < -0.4 is 20.9 Å². The smallest absolute Gasteiger partial charge is 0.235 e. The summed E-state index contributed by atoms with van der Waals surface area (Å²) in [5.74, 6) is 2.57. The molecule has 200 valence electrons. The molecule has 1 aromatic heterocycles. The molecule has 7 nitrogen and oxygen atoms in total. The van der Waals surface area contributed by atoms with Gasteiger partial charge in [0.15, 0.2) is 0 Å². The zero-order valence-corrected chi connectivity index (χ0v) is 22.3.